The van der Waals surface area contributed by atoms with Crippen molar-refractivity contribution in [2.75, 3.05) is 28.4 Å². The lowest BCUT2D eigenvalue weighted by atomic mass is 10.4. The van der Waals surface area contributed by atoms with Crippen LogP contribution < -0.4 is 0 Å². The van der Waals surface area contributed by atoms with Gasteiger partial charge < -0.3 is 25.2 Å². The number of esters is 1. The molecule has 0 radical (unpaired) electrons. The van der Waals surface area contributed by atoms with E-state index in [0.717, 1.165) is 21.3 Å². The molecule has 0 bridgehead atoms. The standard InChI is InChI=1S/C4H6N4O2.C3H4N4O2.3CH4O.2O2Si/c1-10-4(9)2-3-5-7-8-6-3;8-3(9)1-2-4-6-7-5-2;3*1-2;2*1-3-2/h2H2,1H3,(H,5,6,7,8);1H2,(H,8,9)(H,4,5,6,7);3*2H,1H3;;. The van der Waals surface area contributed by atoms with Gasteiger partial charge in [-0.05, 0) is 0 Å². The average Bonchev–Trinajstić information content (AvgIpc) is 3.48. The van der Waals surface area contributed by atoms with Gasteiger partial charge in [-0.1, -0.05) is 10.4 Å². The van der Waals surface area contributed by atoms with Crippen molar-refractivity contribution >= 4 is 30.5 Å². The van der Waals surface area contributed by atoms with Crippen LogP contribution in [0, 0.1) is 0 Å². The van der Waals surface area contributed by atoms with Gasteiger partial charge >= 0.3 is 30.5 Å². The molecule has 0 atom stereocenters. The summed E-state index contributed by atoms with van der Waals surface area (Å²) in [6, 6.07) is 0. The van der Waals surface area contributed by atoms with Gasteiger partial charge in [0.05, 0.1) is 7.11 Å². The van der Waals surface area contributed by atoms with E-state index >= 15 is 0 Å². The maximum Gasteiger partial charge on any atom is 0.549 e. The number of hydrogen-bond acceptors (Lipinski definition) is 16. The Morgan fingerprint density at radius 1 is 0.806 bits per heavy atom. The summed E-state index contributed by atoms with van der Waals surface area (Å²) in [6.45, 7) is 0. The van der Waals surface area contributed by atoms with Gasteiger partial charge in [0.2, 0.25) is 0 Å². The molecule has 0 spiro atoms. The summed E-state index contributed by atoms with van der Waals surface area (Å²) in [7, 11) is 1.47. The van der Waals surface area contributed by atoms with Crippen molar-refractivity contribution < 1.29 is 52.6 Å². The third kappa shape index (κ3) is 37.9. The number of aromatic amines is 2. The number of aromatic nitrogens is 8. The number of aliphatic carboxylic acids is 1. The molecule has 6 N–H and O–H groups in total. The lowest BCUT2D eigenvalue weighted by Crippen LogP contribution is -2.05. The van der Waals surface area contributed by atoms with E-state index < -0.39 is 24.6 Å². The highest BCUT2D eigenvalue weighted by Gasteiger charge is 2.05. The largest absolute Gasteiger partial charge is 0.549 e. The second-order valence-corrected chi connectivity index (χ2v) is 3.48. The van der Waals surface area contributed by atoms with Crippen molar-refractivity contribution in [2.24, 2.45) is 0 Å². The number of hydrogen-bond donors (Lipinski definition) is 6. The topological polar surface area (TPSA) is 301 Å². The Morgan fingerprint density at radius 2 is 1.13 bits per heavy atom. The summed E-state index contributed by atoms with van der Waals surface area (Å²) in [4.78, 5) is 20.5. The van der Waals surface area contributed by atoms with E-state index in [1.165, 1.54) is 7.11 Å². The van der Waals surface area contributed by atoms with Crippen LogP contribution in [0.15, 0.2) is 0 Å². The first-order valence-electron chi connectivity index (χ1n) is 7.01. The number of carbonyl (C=O) groups excluding carboxylic acids is 1. The molecule has 0 aliphatic heterocycles. The molecule has 0 saturated heterocycles. The van der Waals surface area contributed by atoms with Crippen molar-refractivity contribution in [2.45, 2.75) is 12.8 Å². The maximum atomic E-state index is 10.5. The number of rotatable bonds is 4. The lowest BCUT2D eigenvalue weighted by Gasteiger charge is -1.90. The van der Waals surface area contributed by atoms with E-state index in [1.54, 1.807) is 0 Å². The summed E-state index contributed by atoms with van der Waals surface area (Å²) in [5.74, 6) is -0.799. The minimum absolute atomic E-state index is 0.0625. The van der Waals surface area contributed by atoms with Crippen LogP contribution in [0.25, 0.3) is 0 Å². The fourth-order valence-electron chi connectivity index (χ4n) is 0.851. The number of H-pyrrole nitrogens is 2. The van der Waals surface area contributed by atoms with Crippen LogP contribution in [-0.4, -0.2) is 121 Å². The fourth-order valence-corrected chi connectivity index (χ4v) is 0.851. The Balaban J connectivity index is -0.0000000981. The first-order valence-corrected chi connectivity index (χ1v) is 8.64. The molecule has 0 fully saturated rings. The summed E-state index contributed by atoms with van der Waals surface area (Å²) in [5.41, 5.74) is 0. The van der Waals surface area contributed by atoms with Gasteiger partial charge in [0.1, 0.15) is 12.8 Å². The second kappa shape index (κ2) is 37.4. The van der Waals surface area contributed by atoms with Crippen LogP contribution in [0.1, 0.15) is 11.6 Å². The number of aliphatic hydroxyl groups is 3. The molecule has 176 valence electrons. The number of carboxylic acids is 1. The van der Waals surface area contributed by atoms with E-state index in [1.807, 2.05) is 0 Å². The van der Waals surface area contributed by atoms with E-state index in [-0.39, 0.29) is 24.6 Å². The molecule has 19 nitrogen and oxygen atoms in total. The molecule has 0 unspecified atom stereocenters. The van der Waals surface area contributed by atoms with Crippen LogP contribution >= 0.6 is 0 Å². The summed E-state index contributed by atoms with van der Waals surface area (Å²) >= 11 is 0. The normalized spacial score (nSPS) is 6.81. The highest BCUT2D eigenvalue weighted by atomic mass is 28.2. The number of methoxy groups -OCH3 is 1. The van der Waals surface area contributed by atoms with E-state index in [4.69, 9.17) is 38.3 Å². The Labute approximate surface area is 178 Å². The smallest absolute Gasteiger partial charge is 0.481 e. The number of aliphatic hydroxyl groups excluding tert-OH is 3. The Hall–Kier alpha value is -3.41. The van der Waals surface area contributed by atoms with Crippen molar-refractivity contribution in [1.29, 1.82) is 0 Å². The van der Waals surface area contributed by atoms with E-state index in [2.05, 4.69) is 46.0 Å². The van der Waals surface area contributed by atoms with Crippen molar-refractivity contribution in [1.82, 2.24) is 41.2 Å². The molecule has 2 rings (SSSR count). The number of carboxylic acid groups (broad SMARTS) is 1. The van der Waals surface area contributed by atoms with Crippen LogP contribution in [0.5, 0.6) is 0 Å². The maximum absolute atomic E-state index is 10.5. The van der Waals surface area contributed by atoms with Gasteiger partial charge in [0.15, 0.2) is 11.6 Å². The van der Waals surface area contributed by atoms with Crippen molar-refractivity contribution in [3.8, 4) is 0 Å². The van der Waals surface area contributed by atoms with Gasteiger partial charge in [0.25, 0.3) is 0 Å². The predicted molar refractivity (Wildman–Crippen MR) is 94.1 cm³/mol. The Kier molecular flexibility index (Phi) is 46.1. The van der Waals surface area contributed by atoms with Gasteiger partial charge in [-0.25, -0.2) is 0 Å². The molecule has 0 saturated carbocycles. The predicted octanol–water partition coefficient (Wildman–Crippen LogP) is -4.67. The molecule has 0 aliphatic rings. The first kappa shape index (κ1) is 38.2. The number of nitrogens with one attached hydrogen (secondary N) is 2. The summed E-state index contributed by atoms with van der Waals surface area (Å²) < 4.78 is 38.0. The molecule has 0 aromatic carbocycles. The molecule has 31 heavy (non-hydrogen) atoms. The van der Waals surface area contributed by atoms with Crippen LogP contribution in [0.2, 0.25) is 0 Å². The molecular weight excluding hydrogens is 464 g/mol. The quantitative estimate of drug-likeness (QED) is 0.175. The molecule has 0 aliphatic carbocycles. The van der Waals surface area contributed by atoms with Crippen LogP contribution in [0.4, 0.5) is 0 Å². The molecule has 21 heteroatoms. The van der Waals surface area contributed by atoms with Crippen molar-refractivity contribution in [3.63, 3.8) is 0 Å². The minimum Gasteiger partial charge on any atom is -0.481 e. The highest BCUT2D eigenvalue weighted by Crippen LogP contribution is 1.86. The number of tetrazole rings is 2. The summed E-state index contributed by atoms with van der Waals surface area (Å²) in [5, 5.41) is 53.9. The van der Waals surface area contributed by atoms with Crippen LogP contribution in [0.3, 0.4) is 0 Å². The number of ether oxygens (including phenoxy) is 1. The molecule has 0 amide bonds. The zero-order valence-electron chi connectivity index (χ0n) is 16.7. The molecule has 2 aromatic rings. The second-order valence-electron chi connectivity index (χ2n) is 3.15. The minimum atomic E-state index is -1.42. The Bertz CT molecular complexity index is 663. The molecule has 2 heterocycles. The van der Waals surface area contributed by atoms with Crippen molar-refractivity contribution in [3.05, 3.63) is 11.6 Å². The number of nitrogens with zero attached hydrogens (tertiary/aromatic N) is 6. The lowest BCUT2D eigenvalue weighted by molar-refractivity contribution is -0.140. The third-order valence-electron chi connectivity index (χ3n) is 1.62. The number of carbonyl (C=O) groups is 2. The van der Waals surface area contributed by atoms with Gasteiger partial charge in [-0.3, -0.25) is 27.4 Å². The third-order valence-corrected chi connectivity index (χ3v) is 1.62. The van der Waals surface area contributed by atoms with E-state index in [0.29, 0.717) is 5.82 Å². The monoisotopic (exact) mass is 486 g/mol. The molecular formula is C10H22N8O11Si2. The zero-order valence-corrected chi connectivity index (χ0v) is 18.7. The fraction of sp³-hybridized carbons (Fsp3) is 0.600. The average molecular weight is 487 g/mol. The zero-order chi connectivity index (χ0) is 25.5. The SMILES string of the molecule is CO.CO.CO.COC(=O)Cc1nn[nH]n1.O=C(O)Cc1nn[nH]n1.O=[Si]=O.O=[Si]=O. The van der Waals surface area contributed by atoms with Gasteiger partial charge in [-0.2, -0.15) is 10.4 Å². The summed E-state index contributed by atoms with van der Waals surface area (Å²) in [6.07, 6.45) is -0.122. The highest BCUT2D eigenvalue weighted by molar-refractivity contribution is 5.95. The van der Waals surface area contributed by atoms with Gasteiger partial charge in [-0.15, -0.1) is 20.4 Å². The Morgan fingerprint density at radius 3 is 1.35 bits per heavy atom. The first-order chi connectivity index (χ1) is 14.9. The van der Waals surface area contributed by atoms with Gasteiger partial charge in [0, 0.05) is 21.3 Å². The molecule has 2 aromatic heterocycles. The van der Waals surface area contributed by atoms with Crippen LogP contribution in [-0.2, 0) is 45.0 Å². The van der Waals surface area contributed by atoms with E-state index in [9.17, 15) is 9.59 Å².